The summed E-state index contributed by atoms with van der Waals surface area (Å²) in [5.41, 5.74) is 5.73. The van der Waals surface area contributed by atoms with Crippen LogP contribution in [0.25, 0.3) is 0 Å². The highest BCUT2D eigenvalue weighted by Gasteiger charge is 2.28. The van der Waals surface area contributed by atoms with E-state index in [2.05, 4.69) is 0 Å². The van der Waals surface area contributed by atoms with E-state index in [9.17, 15) is 13.6 Å². The fourth-order valence-corrected chi connectivity index (χ4v) is 2.05. The molecule has 1 aliphatic rings. The maximum absolute atomic E-state index is 13.0. The summed E-state index contributed by atoms with van der Waals surface area (Å²) in [6.45, 7) is 2.68. The van der Waals surface area contributed by atoms with Gasteiger partial charge in [-0.05, 0) is 25.5 Å². The molecule has 2 N–H and O–H groups in total. The fraction of sp³-hybridized carbons (Fsp3) is 0.462. The summed E-state index contributed by atoms with van der Waals surface area (Å²) in [5.74, 6) is -2.02. The van der Waals surface area contributed by atoms with Gasteiger partial charge >= 0.3 is 0 Å². The average Bonchev–Trinajstić information content (AvgIpc) is 2.79. The van der Waals surface area contributed by atoms with E-state index in [1.165, 1.54) is 6.07 Å². The molecule has 0 saturated carbocycles. The van der Waals surface area contributed by atoms with E-state index in [0.29, 0.717) is 13.1 Å². The zero-order valence-corrected chi connectivity index (χ0v) is 10.6. The summed E-state index contributed by atoms with van der Waals surface area (Å²) in [7, 11) is 0. The van der Waals surface area contributed by atoms with E-state index in [0.717, 1.165) is 18.6 Å². The van der Waals surface area contributed by atoms with Gasteiger partial charge in [-0.25, -0.2) is 8.78 Å². The molecule has 0 aliphatic carbocycles. The lowest BCUT2D eigenvalue weighted by Gasteiger charge is -2.21. The lowest BCUT2D eigenvalue weighted by atomic mass is 10.3. The van der Waals surface area contributed by atoms with E-state index >= 15 is 0 Å². The molecule has 1 aliphatic heterocycles. The molecule has 4 nitrogen and oxygen atoms in total. The zero-order valence-electron chi connectivity index (χ0n) is 10.6. The Morgan fingerprint density at radius 3 is 2.79 bits per heavy atom. The summed E-state index contributed by atoms with van der Waals surface area (Å²) in [5, 5.41) is 0. The van der Waals surface area contributed by atoms with Crippen molar-refractivity contribution in [2.75, 3.05) is 13.1 Å². The Balaban J connectivity index is 1.98. The summed E-state index contributed by atoms with van der Waals surface area (Å²) in [6.07, 6.45) is 0.0130. The van der Waals surface area contributed by atoms with Gasteiger partial charge in [0.25, 0.3) is 5.91 Å². The van der Waals surface area contributed by atoms with Crippen LogP contribution in [0.3, 0.4) is 0 Å². The summed E-state index contributed by atoms with van der Waals surface area (Å²) in [4.78, 5) is 13.6. The first-order valence-corrected chi connectivity index (χ1v) is 6.13. The Labute approximate surface area is 110 Å². The lowest BCUT2D eigenvalue weighted by molar-refractivity contribution is -0.136. The van der Waals surface area contributed by atoms with E-state index in [4.69, 9.17) is 10.5 Å². The second-order valence-corrected chi connectivity index (χ2v) is 4.67. The number of amides is 1. The quantitative estimate of drug-likeness (QED) is 0.900. The van der Waals surface area contributed by atoms with Crippen LogP contribution in [0.15, 0.2) is 18.2 Å². The molecule has 0 radical (unpaired) electrons. The minimum atomic E-state index is -1.000. The van der Waals surface area contributed by atoms with E-state index in [1.54, 1.807) is 11.8 Å². The summed E-state index contributed by atoms with van der Waals surface area (Å²) in [6, 6.07) is 3.18. The molecule has 1 aromatic rings. The first-order valence-electron chi connectivity index (χ1n) is 6.13. The van der Waals surface area contributed by atoms with Gasteiger partial charge in [0, 0.05) is 25.2 Å². The van der Waals surface area contributed by atoms with Crippen LogP contribution in [0.1, 0.15) is 13.3 Å². The minimum Gasteiger partial charge on any atom is -0.481 e. The highest BCUT2D eigenvalue weighted by molar-refractivity contribution is 5.81. The number of ether oxygens (including phenoxy) is 1. The highest BCUT2D eigenvalue weighted by Crippen LogP contribution is 2.18. The average molecular weight is 270 g/mol. The number of nitrogens with two attached hydrogens (primary N) is 1. The van der Waals surface area contributed by atoms with Crippen molar-refractivity contribution in [3.63, 3.8) is 0 Å². The predicted octanol–water partition coefficient (Wildman–Crippen LogP) is 1.29. The molecule has 0 aromatic heterocycles. The molecule has 1 saturated heterocycles. The van der Waals surface area contributed by atoms with Crippen LogP contribution < -0.4 is 10.5 Å². The Bertz CT molecular complexity index is 482. The summed E-state index contributed by atoms with van der Waals surface area (Å²) < 4.78 is 31.1. The molecule has 19 heavy (non-hydrogen) atoms. The number of likely N-dealkylation sites (tertiary alicyclic amines) is 1. The van der Waals surface area contributed by atoms with Crippen LogP contribution in [0.4, 0.5) is 8.78 Å². The summed E-state index contributed by atoms with van der Waals surface area (Å²) >= 11 is 0. The van der Waals surface area contributed by atoms with Crippen molar-refractivity contribution >= 4 is 5.91 Å². The number of nitrogens with zero attached hydrogens (tertiary/aromatic N) is 1. The topological polar surface area (TPSA) is 55.6 Å². The predicted molar refractivity (Wildman–Crippen MR) is 65.6 cm³/mol. The Morgan fingerprint density at radius 1 is 1.47 bits per heavy atom. The van der Waals surface area contributed by atoms with Crippen molar-refractivity contribution < 1.29 is 18.3 Å². The number of carbonyl (C=O) groups is 1. The number of carbonyl (C=O) groups excluding carboxylic acids is 1. The van der Waals surface area contributed by atoms with Crippen molar-refractivity contribution in [3.8, 4) is 5.75 Å². The fourth-order valence-electron chi connectivity index (χ4n) is 2.05. The van der Waals surface area contributed by atoms with Gasteiger partial charge in [-0.15, -0.1) is 0 Å². The number of rotatable bonds is 3. The SMILES string of the molecule is CC(Oc1ccc(F)c(F)c1)C(=O)N1CC[C@H](N)C1. The van der Waals surface area contributed by atoms with Crippen molar-refractivity contribution in [2.45, 2.75) is 25.5 Å². The second kappa shape index (κ2) is 5.52. The third-order valence-electron chi connectivity index (χ3n) is 3.09. The van der Waals surface area contributed by atoms with Gasteiger partial charge in [0.2, 0.25) is 0 Å². The smallest absolute Gasteiger partial charge is 0.263 e. The molecular formula is C13H16F2N2O2. The molecule has 104 valence electrons. The van der Waals surface area contributed by atoms with Gasteiger partial charge in [-0.3, -0.25) is 4.79 Å². The molecule has 1 fully saturated rings. The van der Waals surface area contributed by atoms with Crippen molar-refractivity contribution in [1.29, 1.82) is 0 Å². The molecule has 1 unspecified atom stereocenters. The largest absolute Gasteiger partial charge is 0.481 e. The van der Waals surface area contributed by atoms with Gasteiger partial charge < -0.3 is 15.4 Å². The maximum Gasteiger partial charge on any atom is 0.263 e. The number of halogens is 2. The first-order chi connectivity index (χ1) is 8.97. The Kier molecular flexibility index (Phi) is 3.99. The van der Waals surface area contributed by atoms with Crippen LogP contribution in [0, 0.1) is 11.6 Å². The number of hydrogen-bond acceptors (Lipinski definition) is 3. The molecule has 6 heteroatoms. The third kappa shape index (κ3) is 3.20. The van der Waals surface area contributed by atoms with Gasteiger partial charge in [0.15, 0.2) is 17.7 Å². The molecular weight excluding hydrogens is 254 g/mol. The van der Waals surface area contributed by atoms with Crippen molar-refractivity contribution in [2.24, 2.45) is 5.73 Å². The molecule has 2 rings (SSSR count). The first kappa shape index (κ1) is 13.7. The third-order valence-corrected chi connectivity index (χ3v) is 3.09. The molecule has 1 amide bonds. The molecule has 0 bridgehead atoms. The normalized spacial score (nSPS) is 20.4. The lowest BCUT2D eigenvalue weighted by Crippen LogP contribution is -2.40. The monoisotopic (exact) mass is 270 g/mol. The molecule has 1 heterocycles. The van der Waals surface area contributed by atoms with E-state index in [1.807, 2.05) is 0 Å². The van der Waals surface area contributed by atoms with Gasteiger partial charge in [0.1, 0.15) is 5.75 Å². The van der Waals surface area contributed by atoms with Crippen molar-refractivity contribution in [1.82, 2.24) is 4.90 Å². The van der Waals surface area contributed by atoms with E-state index in [-0.39, 0.29) is 17.7 Å². The van der Waals surface area contributed by atoms with Crippen LogP contribution in [-0.2, 0) is 4.79 Å². The van der Waals surface area contributed by atoms with Crippen LogP contribution >= 0.6 is 0 Å². The molecule has 1 aromatic carbocycles. The zero-order chi connectivity index (χ0) is 14.0. The van der Waals surface area contributed by atoms with Crippen molar-refractivity contribution in [3.05, 3.63) is 29.8 Å². The Morgan fingerprint density at radius 2 is 2.21 bits per heavy atom. The second-order valence-electron chi connectivity index (χ2n) is 4.67. The standard InChI is InChI=1S/C13H16F2N2O2/c1-8(13(18)17-5-4-9(16)7-17)19-10-2-3-11(14)12(15)6-10/h2-3,6,8-9H,4-5,7,16H2,1H3/t8?,9-/m0/s1. The highest BCUT2D eigenvalue weighted by atomic mass is 19.2. The van der Waals surface area contributed by atoms with Crippen LogP contribution in [0.5, 0.6) is 5.75 Å². The molecule has 2 atom stereocenters. The number of benzene rings is 1. The number of hydrogen-bond donors (Lipinski definition) is 1. The van der Waals surface area contributed by atoms with Crippen LogP contribution in [-0.4, -0.2) is 36.0 Å². The van der Waals surface area contributed by atoms with E-state index < -0.39 is 17.7 Å². The maximum atomic E-state index is 13.0. The van der Waals surface area contributed by atoms with Gasteiger partial charge in [-0.1, -0.05) is 0 Å². The van der Waals surface area contributed by atoms with Crippen LogP contribution in [0.2, 0.25) is 0 Å². The Hall–Kier alpha value is -1.69. The van der Waals surface area contributed by atoms with Gasteiger partial charge in [-0.2, -0.15) is 0 Å². The molecule has 0 spiro atoms. The minimum absolute atomic E-state index is 0.000541. The van der Waals surface area contributed by atoms with Gasteiger partial charge in [0.05, 0.1) is 0 Å².